The smallest absolute Gasteiger partial charge is 0.264 e. The lowest BCUT2D eigenvalue weighted by Gasteiger charge is -2.11. The first-order valence-electron chi connectivity index (χ1n) is 9.61. The maximum Gasteiger partial charge on any atom is 0.264 e. The molecule has 0 fully saturated rings. The molecule has 4 rings (SSSR count). The number of amides is 1. The Balaban J connectivity index is 1.44. The van der Waals surface area contributed by atoms with Crippen molar-refractivity contribution in [2.75, 3.05) is 19.0 Å². The molecule has 0 aliphatic carbocycles. The molecule has 0 aliphatic rings. The van der Waals surface area contributed by atoms with Crippen LogP contribution in [0.4, 0.5) is 5.13 Å². The van der Waals surface area contributed by atoms with Gasteiger partial charge in [0.25, 0.3) is 5.91 Å². The van der Waals surface area contributed by atoms with E-state index in [0.29, 0.717) is 22.2 Å². The summed E-state index contributed by atoms with van der Waals surface area (Å²) in [6.07, 6.45) is 0. The largest absolute Gasteiger partial charge is 0.493 e. The van der Waals surface area contributed by atoms with E-state index in [1.165, 1.54) is 25.4 Å². The molecule has 0 aliphatic heterocycles. The number of H-pyrrole nitrogens is 1. The summed E-state index contributed by atoms with van der Waals surface area (Å²) in [6, 6.07) is 12.9. The lowest BCUT2D eigenvalue weighted by molar-refractivity contribution is -0.118. The van der Waals surface area contributed by atoms with Crippen molar-refractivity contribution in [2.45, 2.75) is 13.8 Å². The minimum atomic E-state index is -0.339. The quantitative estimate of drug-likeness (QED) is 0.406. The maximum atomic E-state index is 12.4. The van der Waals surface area contributed by atoms with Crippen LogP contribution in [0.3, 0.4) is 0 Å². The van der Waals surface area contributed by atoms with E-state index in [1.807, 2.05) is 36.6 Å². The van der Waals surface area contributed by atoms with Crippen LogP contribution in [0.25, 0.3) is 22.2 Å². The Labute approximate surface area is 183 Å². The van der Waals surface area contributed by atoms with Gasteiger partial charge in [-0.05, 0) is 38.1 Å². The third kappa shape index (κ3) is 4.29. The number of methoxy groups -OCH3 is 1. The number of aromatic nitrogens is 2. The van der Waals surface area contributed by atoms with Gasteiger partial charge in [0.1, 0.15) is 0 Å². The number of aromatic amines is 1. The predicted molar refractivity (Wildman–Crippen MR) is 121 cm³/mol. The second kappa shape index (κ2) is 8.61. The van der Waals surface area contributed by atoms with Crippen LogP contribution in [0, 0.1) is 6.92 Å². The molecule has 7 nitrogen and oxygen atoms in total. The topological polar surface area (TPSA) is 93.3 Å². The number of thiazole rings is 1. The number of hydrogen-bond donors (Lipinski definition) is 2. The Bertz CT molecular complexity index is 1280. The Kier molecular flexibility index (Phi) is 5.73. The molecule has 2 aromatic heterocycles. The first-order valence-corrected chi connectivity index (χ1v) is 10.5. The van der Waals surface area contributed by atoms with Crippen molar-refractivity contribution in [3.63, 3.8) is 0 Å². The van der Waals surface area contributed by atoms with Crippen LogP contribution >= 0.6 is 11.3 Å². The second-order valence-corrected chi connectivity index (χ2v) is 7.83. The summed E-state index contributed by atoms with van der Waals surface area (Å²) in [6.45, 7) is 3.27. The molecule has 4 aromatic rings. The number of rotatable bonds is 7. The number of aryl methyl sites for hydroxylation is 1. The van der Waals surface area contributed by atoms with Crippen LogP contribution in [0.15, 0.2) is 47.8 Å². The third-order valence-electron chi connectivity index (χ3n) is 4.83. The minimum Gasteiger partial charge on any atom is -0.493 e. The molecule has 0 radical (unpaired) electrons. The van der Waals surface area contributed by atoms with E-state index in [2.05, 4.69) is 15.3 Å². The Morgan fingerprint density at radius 3 is 2.74 bits per heavy atom. The molecule has 2 N–H and O–H groups in total. The fourth-order valence-electron chi connectivity index (χ4n) is 3.36. The molecule has 0 unspecified atom stereocenters. The monoisotopic (exact) mass is 435 g/mol. The Hall–Kier alpha value is -3.65. The summed E-state index contributed by atoms with van der Waals surface area (Å²) >= 11 is 1.35. The molecule has 31 heavy (non-hydrogen) atoms. The molecule has 0 saturated carbocycles. The molecule has 0 spiro atoms. The Morgan fingerprint density at radius 2 is 1.97 bits per heavy atom. The Morgan fingerprint density at radius 1 is 1.16 bits per heavy atom. The third-order valence-corrected chi connectivity index (χ3v) is 5.59. The van der Waals surface area contributed by atoms with Crippen molar-refractivity contribution in [3.8, 4) is 22.8 Å². The zero-order valence-corrected chi connectivity index (χ0v) is 18.1. The van der Waals surface area contributed by atoms with Crippen molar-refractivity contribution in [1.29, 1.82) is 0 Å². The van der Waals surface area contributed by atoms with Gasteiger partial charge in [-0.3, -0.25) is 14.9 Å². The standard InChI is InChI=1S/C23H21N3O4S/c1-13-22(16-6-4-5-7-17(16)24-13)18-12-31-23(25-18)26-21(28)11-30-19-9-8-15(14(2)27)10-20(19)29-3/h4-10,12,24H,11H2,1-3H3,(H,25,26,28). The number of nitrogens with zero attached hydrogens (tertiary/aromatic N) is 1. The lowest BCUT2D eigenvalue weighted by Crippen LogP contribution is -2.20. The van der Waals surface area contributed by atoms with E-state index in [-0.39, 0.29) is 18.3 Å². The van der Waals surface area contributed by atoms with Crippen LogP contribution in [-0.2, 0) is 4.79 Å². The van der Waals surface area contributed by atoms with Crippen molar-refractivity contribution < 1.29 is 19.1 Å². The number of nitrogens with one attached hydrogen (secondary N) is 2. The van der Waals surface area contributed by atoms with Gasteiger partial charge in [-0.1, -0.05) is 18.2 Å². The fourth-order valence-corrected chi connectivity index (χ4v) is 4.07. The summed E-state index contributed by atoms with van der Waals surface area (Å²) in [7, 11) is 1.48. The zero-order valence-electron chi connectivity index (χ0n) is 17.3. The van der Waals surface area contributed by atoms with Gasteiger partial charge in [0, 0.05) is 33.1 Å². The van der Waals surface area contributed by atoms with Gasteiger partial charge in [-0.2, -0.15) is 0 Å². The van der Waals surface area contributed by atoms with Crippen molar-refractivity contribution in [1.82, 2.24) is 9.97 Å². The molecule has 2 aromatic carbocycles. The zero-order chi connectivity index (χ0) is 22.0. The average Bonchev–Trinajstić information content (AvgIpc) is 3.34. The molecule has 8 heteroatoms. The second-order valence-electron chi connectivity index (χ2n) is 6.97. The molecule has 158 valence electrons. The molecule has 0 atom stereocenters. The predicted octanol–water partition coefficient (Wildman–Crippen LogP) is 4.83. The first kappa shape index (κ1) is 20.6. The SMILES string of the molecule is COc1cc(C(C)=O)ccc1OCC(=O)Nc1nc(-c2c(C)[nH]c3ccccc23)cs1. The molecule has 2 heterocycles. The first-order chi connectivity index (χ1) is 15.0. The molecule has 0 bridgehead atoms. The number of para-hydroxylation sites is 1. The summed E-state index contributed by atoms with van der Waals surface area (Å²) in [5.74, 6) is 0.366. The average molecular weight is 436 g/mol. The van der Waals surface area contributed by atoms with Gasteiger partial charge >= 0.3 is 0 Å². The van der Waals surface area contributed by atoms with E-state index in [1.54, 1.807) is 18.2 Å². The number of carbonyl (C=O) groups is 2. The van der Waals surface area contributed by atoms with Gasteiger partial charge in [0.15, 0.2) is 29.0 Å². The van der Waals surface area contributed by atoms with Crippen LogP contribution < -0.4 is 14.8 Å². The molecule has 0 saturated heterocycles. The normalized spacial score (nSPS) is 10.8. The highest BCUT2D eigenvalue weighted by Gasteiger charge is 2.15. The van der Waals surface area contributed by atoms with Crippen molar-refractivity contribution in [2.24, 2.45) is 0 Å². The van der Waals surface area contributed by atoms with Gasteiger partial charge in [-0.25, -0.2) is 4.98 Å². The van der Waals surface area contributed by atoms with Crippen molar-refractivity contribution in [3.05, 3.63) is 59.1 Å². The molecule has 1 amide bonds. The van der Waals surface area contributed by atoms with Gasteiger partial charge in [-0.15, -0.1) is 11.3 Å². The van der Waals surface area contributed by atoms with Crippen molar-refractivity contribution >= 4 is 39.1 Å². The van der Waals surface area contributed by atoms with Gasteiger partial charge in [0.2, 0.25) is 0 Å². The number of ketones is 1. The van der Waals surface area contributed by atoms with Crippen LogP contribution in [0.2, 0.25) is 0 Å². The molecular weight excluding hydrogens is 414 g/mol. The minimum absolute atomic E-state index is 0.0763. The number of anilines is 1. The van der Waals surface area contributed by atoms with E-state index in [9.17, 15) is 9.59 Å². The number of ether oxygens (including phenoxy) is 2. The van der Waals surface area contributed by atoms with Gasteiger partial charge in [0.05, 0.1) is 12.8 Å². The van der Waals surface area contributed by atoms with Crippen LogP contribution in [0.5, 0.6) is 11.5 Å². The summed E-state index contributed by atoms with van der Waals surface area (Å²) in [5, 5.41) is 6.27. The van der Waals surface area contributed by atoms with Crippen LogP contribution in [0.1, 0.15) is 23.0 Å². The van der Waals surface area contributed by atoms with E-state index in [0.717, 1.165) is 27.9 Å². The summed E-state index contributed by atoms with van der Waals surface area (Å²) in [4.78, 5) is 31.8. The highest BCUT2D eigenvalue weighted by Crippen LogP contribution is 2.34. The van der Waals surface area contributed by atoms with Crippen LogP contribution in [-0.4, -0.2) is 35.4 Å². The number of fused-ring (bicyclic) bond motifs is 1. The highest BCUT2D eigenvalue weighted by atomic mass is 32.1. The van der Waals surface area contributed by atoms with Gasteiger partial charge < -0.3 is 14.5 Å². The van der Waals surface area contributed by atoms with E-state index in [4.69, 9.17) is 9.47 Å². The molecular formula is C23H21N3O4S. The van der Waals surface area contributed by atoms with E-state index >= 15 is 0 Å². The number of benzene rings is 2. The number of Topliss-reactive ketones (excluding diaryl/α,β-unsaturated/α-hetero) is 1. The number of carbonyl (C=O) groups excluding carboxylic acids is 2. The summed E-state index contributed by atoms with van der Waals surface area (Å²) in [5.41, 5.74) is 4.41. The van der Waals surface area contributed by atoms with E-state index < -0.39 is 0 Å². The summed E-state index contributed by atoms with van der Waals surface area (Å²) < 4.78 is 10.8. The lowest BCUT2D eigenvalue weighted by atomic mass is 10.1. The maximum absolute atomic E-state index is 12.4. The highest BCUT2D eigenvalue weighted by molar-refractivity contribution is 7.14. The fraction of sp³-hybridized carbons (Fsp3) is 0.174. The number of hydrogen-bond acceptors (Lipinski definition) is 6.